The van der Waals surface area contributed by atoms with E-state index in [1.54, 1.807) is 12.4 Å². The Kier molecular flexibility index (Phi) is 6.85. The summed E-state index contributed by atoms with van der Waals surface area (Å²) in [7, 11) is 0. The zero-order chi connectivity index (χ0) is 14.1. The van der Waals surface area contributed by atoms with Gasteiger partial charge in [0, 0.05) is 32.0 Å². The minimum Gasteiger partial charge on any atom is -0.352 e. The van der Waals surface area contributed by atoms with Crippen molar-refractivity contribution in [2.45, 2.75) is 40.0 Å². The minimum atomic E-state index is -0.106. The zero-order valence-corrected chi connectivity index (χ0v) is 12.1. The number of anilines is 1. The van der Waals surface area contributed by atoms with Crippen molar-refractivity contribution in [1.82, 2.24) is 15.3 Å². The predicted octanol–water partition coefficient (Wildman–Crippen LogP) is 2.24. The summed E-state index contributed by atoms with van der Waals surface area (Å²) >= 11 is 0. The van der Waals surface area contributed by atoms with E-state index in [0.29, 0.717) is 18.1 Å². The lowest BCUT2D eigenvalue weighted by Crippen LogP contribution is -2.28. The molecular weight excluding hydrogens is 240 g/mol. The molecule has 5 nitrogen and oxygen atoms in total. The molecule has 0 aliphatic heterocycles. The lowest BCUT2D eigenvalue weighted by atomic mass is 10.3. The maximum absolute atomic E-state index is 11.7. The van der Waals surface area contributed by atoms with Gasteiger partial charge in [-0.3, -0.25) is 4.79 Å². The first-order valence-electron chi connectivity index (χ1n) is 7.08. The summed E-state index contributed by atoms with van der Waals surface area (Å²) in [4.78, 5) is 22.5. The highest BCUT2D eigenvalue weighted by Crippen LogP contribution is 2.08. The molecule has 0 atom stereocenters. The molecule has 1 N–H and O–H groups in total. The second-order valence-electron chi connectivity index (χ2n) is 4.51. The molecule has 5 heteroatoms. The fourth-order valence-corrected chi connectivity index (χ4v) is 1.79. The summed E-state index contributed by atoms with van der Waals surface area (Å²) in [6, 6.07) is 0. The molecule has 1 aromatic heterocycles. The number of rotatable bonds is 8. The van der Waals surface area contributed by atoms with Crippen LogP contribution in [0, 0.1) is 0 Å². The van der Waals surface area contributed by atoms with Crippen LogP contribution >= 0.6 is 0 Å². The number of aromatic nitrogens is 2. The molecule has 0 radical (unpaired) electrons. The van der Waals surface area contributed by atoms with Gasteiger partial charge in [-0.15, -0.1) is 0 Å². The fourth-order valence-electron chi connectivity index (χ4n) is 1.79. The quantitative estimate of drug-likeness (QED) is 0.782. The Morgan fingerprint density at radius 3 is 2.16 bits per heavy atom. The lowest BCUT2D eigenvalue weighted by Gasteiger charge is -2.21. The van der Waals surface area contributed by atoms with E-state index in [9.17, 15) is 4.79 Å². The van der Waals surface area contributed by atoms with Gasteiger partial charge in [0.25, 0.3) is 5.91 Å². The molecule has 19 heavy (non-hydrogen) atoms. The number of nitrogens with one attached hydrogen (secondary N) is 1. The topological polar surface area (TPSA) is 58.1 Å². The van der Waals surface area contributed by atoms with E-state index >= 15 is 0 Å². The van der Waals surface area contributed by atoms with E-state index in [4.69, 9.17) is 0 Å². The Morgan fingerprint density at radius 2 is 1.68 bits per heavy atom. The van der Waals surface area contributed by atoms with Gasteiger partial charge in [0.15, 0.2) is 0 Å². The van der Waals surface area contributed by atoms with Gasteiger partial charge in [-0.2, -0.15) is 0 Å². The predicted molar refractivity (Wildman–Crippen MR) is 77.5 cm³/mol. The van der Waals surface area contributed by atoms with Crippen molar-refractivity contribution in [1.29, 1.82) is 0 Å². The average Bonchev–Trinajstić information content (AvgIpc) is 2.44. The number of amides is 1. The van der Waals surface area contributed by atoms with Gasteiger partial charge in [-0.05, 0) is 19.3 Å². The summed E-state index contributed by atoms with van der Waals surface area (Å²) in [5.74, 6) is 0.599. The Bertz CT molecular complexity index is 372. The van der Waals surface area contributed by atoms with Gasteiger partial charge < -0.3 is 10.2 Å². The van der Waals surface area contributed by atoms with Crippen molar-refractivity contribution in [3.8, 4) is 0 Å². The summed E-state index contributed by atoms with van der Waals surface area (Å²) in [6.07, 6.45) is 6.24. The van der Waals surface area contributed by atoms with Crippen molar-refractivity contribution in [2.24, 2.45) is 0 Å². The van der Waals surface area contributed by atoms with Gasteiger partial charge in [0.2, 0.25) is 5.95 Å². The monoisotopic (exact) mass is 264 g/mol. The summed E-state index contributed by atoms with van der Waals surface area (Å²) in [6.45, 7) is 8.85. The summed E-state index contributed by atoms with van der Waals surface area (Å²) in [5, 5.41) is 2.82. The molecule has 0 aromatic carbocycles. The van der Waals surface area contributed by atoms with Crippen molar-refractivity contribution in [3.63, 3.8) is 0 Å². The lowest BCUT2D eigenvalue weighted by molar-refractivity contribution is 0.0953. The van der Waals surface area contributed by atoms with E-state index in [1.807, 2.05) is 6.92 Å². The number of carbonyl (C=O) groups excluding carboxylic acids is 1. The number of hydrogen-bond donors (Lipinski definition) is 1. The van der Waals surface area contributed by atoms with Crippen LogP contribution in [0.3, 0.4) is 0 Å². The first kappa shape index (κ1) is 15.4. The molecular formula is C14H24N4O. The SMILES string of the molecule is CCCNC(=O)c1cnc(N(CCC)CCC)nc1. The van der Waals surface area contributed by atoms with Crippen LogP contribution < -0.4 is 10.2 Å². The molecule has 0 unspecified atom stereocenters. The fraction of sp³-hybridized carbons (Fsp3) is 0.643. The summed E-state index contributed by atoms with van der Waals surface area (Å²) in [5.41, 5.74) is 0.519. The molecule has 0 fully saturated rings. The van der Waals surface area contributed by atoms with Gasteiger partial charge in [0.1, 0.15) is 0 Å². The highest BCUT2D eigenvalue weighted by Gasteiger charge is 2.10. The molecule has 1 amide bonds. The Labute approximate surface area is 115 Å². The van der Waals surface area contributed by atoms with Gasteiger partial charge in [-0.1, -0.05) is 20.8 Å². The van der Waals surface area contributed by atoms with Gasteiger partial charge in [-0.25, -0.2) is 9.97 Å². The number of carbonyl (C=O) groups is 1. The third-order valence-corrected chi connectivity index (χ3v) is 2.71. The molecule has 0 aliphatic rings. The van der Waals surface area contributed by atoms with Crippen LogP contribution in [-0.4, -0.2) is 35.5 Å². The minimum absolute atomic E-state index is 0.106. The van der Waals surface area contributed by atoms with Crippen LogP contribution in [0.5, 0.6) is 0 Å². The van der Waals surface area contributed by atoms with E-state index in [0.717, 1.165) is 32.4 Å². The smallest absolute Gasteiger partial charge is 0.254 e. The number of nitrogens with zero attached hydrogens (tertiary/aromatic N) is 3. The Morgan fingerprint density at radius 1 is 1.11 bits per heavy atom. The second kappa shape index (κ2) is 8.45. The molecule has 0 saturated carbocycles. The van der Waals surface area contributed by atoms with E-state index in [2.05, 4.69) is 34.0 Å². The average molecular weight is 264 g/mol. The van der Waals surface area contributed by atoms with Crippen molar-refractivity contribution in [2.75, 3.05) is 24.5 Å². The third-order valence-electron chi connectivity index (χ3n) is 2.71. The zero-order valence-electron chi connectivity index (χ0n) is 12.1. The highest BCUT2D eigenvalue weighted by molar-refractivity contribution is 5.93. The Balaban J connectivity index is 2.70. The van der Waals surface area contributed by atoms with Crippen LogP contribution in [0.25, 0.3) is 0 Å². The first-order valence-corrected chi connectivity index (χ1v) is 7.08. The van der Waals surface area contributed by atoms with Crippen LogP contribution in [0.4, 0.5) is 5.95 Å². The van der Waals surface area contributed by atoms with Crippen molar-refractivity contribution in [3.05, 3.63) is 18.0 Å². The van der Waals surface area contributed by atoms with Crippen LogP contribution in [0.2, 0.25) is 0 Å². The van der Waals surface area contributed by atoms with Gasteiger partial charge >= 0.3 is 0 Å². The second-order valence-corrected chi connectivity index (χ2v) is 4.51. The molecule has 106 valence electrons. The van der Waals surface area contributed by atoms with Crippen LogP contribution in [0.1, 0.15) is 50.4 Å². The highest BCUT2D eigenvalue weighted by atomic mass is 16.1. The molecule has 1 heterocycles. The van der Waals surface area contributed by atoms with Crippen LogP contribution in [-0.2, 0) is 0 Å². The van der Waals surface area contributed by atoms with E-state index in [-0.39, 0.29) is 5.91 Å². The Hall–Kier alpha value is -1.65. The standard InChI is InChI=1S/C14H24N4O/c1-4-7-15-13(19)12-10-16-14(17-11-12)18(8-5-2)9-6-3/h10-11H,4-9H2,1-3H3,(H,15,19). The largest absolute Gasteiger partial charge is 0.352 e. The van der Waals surface area contributed by atoms with E-state index in [1.165, 1.54) is 0 Å². The molecule has 1 aromatic rings. The van der Waals surface area contributed by atoms with Crippen LogP contribution in [0.15, 0.2) is 12.4 Å². The first-order chi connectivity index (χ1) is 9.22. The van der Waals surface area contributed by atoms with Crippen molar-refractivity contribution < 1.29 is 4.79 Å². The maximum atomic E-state index is 11.7. The molecule has 1 rings (SSSR count). The normalized spacial score (nSPS) is 10.3. The van der Waals surface area contributed by atoms with Crippen molar-refractivity contribution >= 4 is 11.9 Å². The number of hydrogen-bond acceptors (Lipinski definition) is 4. The molecule has 0 spiro atoms. The molecule has 0 aliphatic carbocycles. The van der Waals surface area contributed by atoms with E-state index < -0.39 is 0 Å². The maximum Gasteiger partial charge on any atom is 0.254 e. The third kappa shape index (κ3) is 4.85. The molecule has 0 saturated heterocycles. The van der Waals surface area contributed by atoms with Gasteiger partial charge in [0.05, 0.1) is 5.56 Å². The summed E-state index contributed by atoms with van der Waals surface area (Å²) < 4.78 is 0. The molecule has 0 bridgehead atoms.